The lowest BCUT2D eigenvalue weighted by Gasteiger charge is -2.40. The van der Waals surface area contributed by atoms with E-state index in [0.717, 1.165) is 42.3 Å². The maximum atomic E-state index is 12.6. The predicted molar refractivity (Wildman–Crippen MR) is 107 cm³/mol. The third kappa shape index (κ3) is 3.84. The molecule has 0 spiro atoms. The Hall–Kier alpha value is -2.19. The number of ether oxygens (including phenoxy) is 1. The lowest BCUT2D eigenvalue weighted by Crippen LogP contribution is -2.51. The zero-order chi connectivity index (χ0) is 19.9. The SMILES string of the molecule is CC(C)(C)c1ccc(N2CC(CNS(=O)(=O)c3ccc4c(c3)CCO4)C2)nn1. The Balaban J connectivity index is 1.31. The standard InChI is InChI=1S/C20H26N4O3S/c1-20(2,3)18-6-7-19(23-22-18)24-12-14(13-24)11-21-28(25,26)16-4-5-17-15(10-16)8-9-27-17/h4-7,10,14,21H,8-9,11-13H2,1-3H3. The summed E-state index contributed by atoms with van der Waals surface area (Å²) in [6.45, 7) is 8.89. The van der Waals surface area contributed by atoms with Crippen molar-refractivity contribution in [3.05, 3.63) is 41.6 Å². The van der Waals surface area contributed by atoms with Crippen molar-refractivity contribution in [2.75, 3.05) is 31.1 Å². The molecule has 0 unspecified atom stereocenters. The molecule has 2 aliphatic rings. The molecule has 150 valence electrons. The first-order valence-corrected chi connectivity index (χ1v) is 11.1. The highest BCUT2D eigenvalue weighted by molar-refractivity contribution is 7.89. The molecule has 1 aromatic heterocycles. The first-order chi connectivity index (χ1) is 13.2. The van der Waals surface area contributed by atoms with Crippen molar-refractivity contribution in [2.45, 2.75) is 37.5 Å². The van der Waals surface area contributed by atoms with Gasteiger partial charge in [0.2, 0.25) is 10.0 Å². The number of anilines is 1. The second-order valence-electron chi connectivity index (χ2n) is 8.52. The van der Waals surface area contributed by atoms with Crippen molar-refractivity contribution < 1.29 is 13.2 Å². The number of nitrogens with zero attached hydrogens (tertiary/aromatic N) is 3. The third-order valence-electron chi connectivity index (χ3n) is 5.23. The fourth-order valence-electron chi connectivity index (χ4n) is 3.42. The molecule has 1 N–H and O–H groups in total. The van der Waals surface area contributed by atoms with Gasteiger partial charge < -0.3 is 9.64 Å². The number of hydrogen-bond donors (Lipinski definition) is 1. The van der Waals surface area contributed by atoms with Crippen LogP contribution in [0.15, 0.2) is 35.2 Å². The smallest absolute Gasteiger partial charge is 0.240 e. The highest BCUT2D eigenvalue weighted by atomic mass is 32.2. The Kier molecular flexibility index (Phi) is 4.79. The van der Waals surface area contributed by atoms with Crippen LogP contribution in [-0.4, -0.2) is 44.9 Å². The van der Waals surface area contributed by atoms with Crippen LogP contribution in [0.3, 0.4) is 0 Å². The van der Waals surface area contributed by atoms with E-state index in [1.165, 1.54) is 0 Å². The molecule has 1 saturated heterocycles. The zero-order valence-electron chi connectivity index (χ0n) is 16.5. The highest BCUT2D eigenvalue weighted by Gasteiger charge is 2.30. The number of fused-ring (bicyclic) bond motifs is 1. The van der Waals surface area contributed by atoms with Crippen molar-refractivity contribution >= 4 is 15.8 Å². The molecule has 7 nitrogen and oxygen atoms in total. The van der Waals surface area contributed by atoms with Crippen molar-refractivity contribution in [1.29, 1.82) is 0 Å². The van der Waals surface area contributed by atoms with E-state index < -0.39 is 10.0 Å². The van der Waals surface area contributed by atoms with E-state index in [0.29, 0.717) is 18.0 Å². The molecule has 0 atom stereocenters. The Bertz CT molecular complexity index is 962. The molecule has 1 fully saturated rings. The van der Waals surface area contributed by atoms with E-state index in [2.05, 4.69) is 40.6 Å². The maximum Gasteiger partial charge on any atom is 0.240 e. The fraction of sp³-hybridized carbons (Fsp3) is 0.500. The van der Waals surface area contributed by atoms with E-state index >= 15 is 0 Å². The predicted octanol–water partition coefficient (Wildman–Crippen LogP) is 2.12. The van der Waals surface area contributed by atoms with E-state index in [-0.39, 0.29) is 11.3 Å². The molecule has 2 aliphatic heterocycles. The largest absolute Gasteiger partial charge is 0.493 e. The van der Waals surface area contributed by atoms with Crippen LogP contribution in [0.25, 0.3) is 0 Å². The quantitative estimate of drug-likeness (QED) is 0.825. The molecule has 1 aromatic carbocycles. The monoisotopic (exact) mass is 402 g/mol. The second kappa shape index (κ2) is 7.00. The van der Waals surface area contributed by atoms with Crippen molar-refractivity contribution in [3.8, 4) is 5.75 Å². The molecule has 0 aliphatic carbocycles. The lowest BCUT2D eigenvalue weighted by molar-refractivity contribution is 0.356. The number of hydrogen-bond acceptors (Lipinski definition) is 6. The van der Waals surface area contributed by atoms with E-state index in [1.807, 2.05) is 12.1 Å². The van der Waals surface area contributed by atoms with Gasteiger partial charge >= 0.3 is 0 Å². The summed E-state index contributed by atoms with van der Waals surface area (Å²) in [5.41, 5.74) is 1.89. The lowest BCUT2D eigenvalue weighted by atomic mass is 9.92. The van der Waals surface area contributed by atoms with Crippen molar-refractivity contribution in [1.82, 2.24) is 14.9 Å². The van der Waals surface area contributed by atoms with Crippen molar-refractivity contribution in [2.24, 2.45) is 5.92 Å². The number of rotatable bonds is 5. The summed E-state index contributed by atoms with van der Waals surface area (Å²) in [6.07, 6.45) is 0.755. The van der Waals surface area contributed by atoms with Gasteiger partial charge in [0, 0.05) is 37.4 Å². The molecular formula is C20H26N4O3S. The van der Waals surface area contributed by atoms with Crippen LogP contribution in [0.1, 0.15) is 32.0 Å². The Labute approximate surface area is 166 Å². The second-order valence-corrected chi connectivity index (χ2v) is 10.3. The van der Waals surface area contributed by atoms with Crippen LogP contribution in [0.5, 0.6) is 5.75 Å². The summed E-state index contributed by atoms with van der Waals surface area (Å²) in [7, 11) is -3.51. The summed E-state index contributed by atoms with van der Waals surface area (Å²) < 4.78 is 33.3. The maximum absolute atomic E-state index is 12.6. The van der Waals surface area contributed by atoms with Gasteiger partial charge in [-0.1, -0.05) is 20.8 Å². The normalized spacial score (nSPS) is 17.2. The van der Waals surface area contributed by atoms with Crippen LogP contribution in [-0.2, 0) is 21.9 Å². The van der Waals surface area contributed by atoms with E-state index in [1.54, 1.807) is 18.2 Å². The minimum absolute atomic E-state index is 0.0228. The summed E-state index contributed by atoms with van der Waals surface area (Å²) in [5.74, 6) is 1.88. The molecule has 0 bridgehead atoms. The van der Waals surface area contributed by atoms with Gasteiger partial charge in [-0.15, -0.1) is 5.10 Å². The number of benzene rings is 1. The van der Waals surface area contributed by atoms with Crippen LogP contribution in [0.2, 0.25) is 0 Å². The van der Waals surface area contributed by atoms with Gasteiger partial charge in [-0.3, -0.25) is 0 Å². The first kappa shape index (κ1) is 19.1. The minimum Gasteiger partial charge on any atom is -0.493 e. The average Bonchev–Trinajstić information content (AvgIpc) is 3.07. The topological polar surface area (TPSA) is 84.4 Å². The van der Waals surface area contributed by atoms with Gasteiger partial charge in [0.25, 0.3) is 0 Å². The summed E-state index contributed by atoms with van der Waals surface area (Å²) in [6, 6.07) is 9.05. The van der Waals surface area contributed by atoms with Gasteiger partial charge in [0.1, 0.15) is 5.75 Å². The van der Waals surface area contributed by atoms with Gasteiger partial charge in [0.15, 0.2) is 5.82 Å². The van der Waals surface area contributed by atoms with E-state index in [4.69, 9.17) is 4.74 Å². The molecule has 4 rings (SSSR count). The molecule has 0 amide bonds. The molecule has 2 aromatic rings. The van der Waals surface area contributed by atoms with Crippen molar-refractivity contribution in [3.63, 3.8) is 0 Å². The van der Waals surface area contributed by atoms with Gasteiger partial charge in [-0.05, 0) is 35.9 Å². The Morgan fingerprint density at radius 2 is 1.96 bits per heavy atom. The fourth-order valence-corrected chi connectivity index (χ4v) is 4.59. The third-order valence-corrected chi connectivity index (χ3v) is 6.65. The van der Waals surface area contributed by atoms with Crippen LogP contribution in [0.4, 0.5) is 5.82 Å². The van der Waals surface area contributed by atoms with Gasteiger partial charge in [0.05, 0.1) is 17.2 Å². The molecule has 0 radical (unpaired) electrons. The van der Waals surface area contributed by atoms with Crippen LogP contribution in [0, 0.1) is 5.92 Å². The van der Waals surface area contributed by atoms with Crippen LogP contribution < -0.4 is 14.4 Å². The average molecular weight is 403 g/mol. The summed E-state index contributed by atoms with van der Waals surface area (Å²) in [5, 5.41) is 8.63. The van der Waals surface area contributed by atoms with E-state index in [9.17, 15) is 8.42 Å². The molecule has 0 saturated carbocycles. The van der Waals surface area contributed by atoms with Crippen LogP contribution >= 0.6 is 0 Å². The number of nitrogens with one attached hydrogen (secondary N) is 1. The summed E-state index contributed by atoms with van der Waals surface area (Å²) >= 11 is 0. The molecular weight excluding hydrogens is 376 g/mol. The summed E-state index contributed by atoms with van der Waals surface area (Å²) in [4.78, 5) is 2.42. The Morgan fingerprint density at radius 3 is 2.64 bits per heavy atom. The molecule has 28 heavy (non-hydrogen) atoms. The number of sulfonamides is 1. The zero-order valence-corrected chi connectivity index (χ0v) is 17.3. The number of aromatic nitrogens is 2. The molecule has 8 heteroatoms. The van der Waals surface area contributed by atoms with Gasteiger partial charge in [-0.2, -0.15) is 5.10 Å². The molecule has 3 heterocycles. The minimum atomic E-state index is -3.51. The van der Waals surface area contributed by atoms with Gasteiger partial charge in [-0.25, -0.2) is 13.1 Å². The highest BCUT2D eigenvalue weighted by Crippen LogP contribution is 2.28. The Morgan fingerprint density at radius 1 is 1.18 bits per heavy atom. The first-order valence-electron chi connectivity index (χ1n) is 9.57.